The number of nitriles is 1. The number of aryl methyl sites for hydroxylation is 1. The highest BCUT2D eigenvalue weighted by Crippen LogP contribution is 2.35. The van der Waals surface area contributed by atoms with E-state index in [1.54, 1.807) is 13.0 Å². The van der Waals surface area contributed by atoms with Gasteiger partial charge in [0.1, 0.15) is 12.4 Å². The van der Waals surface area contributed by atoms with Crippen molar-refractivity contribution in [1.82, 2.24) is 9.80 Å². The van der Waals surface area contributed by atoms with Crippen molar-refractivity contribution >= 4 is 34.4 Å². The molecule has 0 atom stereocenters. The van der Waals surface area contributed by atoms with E-state index < -0.39 is 5.41 Å². The van der Waals surface area contributed by atoms with E-state index in [9.17, 15) is 14.9 Å². The number of hydrogen-bond acceptors (Lipinski definition) is 5. The summed E-state index contributed by atoms with van der Waals surface area (Å²) in [5, 5.41) is 11.9. The fraction of sp³-hybridized carbons (Fsp3) is 0.381. The van der Waals surface area contributed by atoms with Crippen LogP contribution in [-0.2, 0) is 15.0 Å². The quantitative estimate of drug-likeness (QED) is 0.203. The number of aliphatic imine (C=N–C) groups is 1. The van der Waals surface area contributed by atoms with Gasteiger partial charge in [-0.2, -0.15) is 5.26 Å². The Bertz CT molecular complexity index is 1900. The van der Waals surface area contributed by atoms with Gasteiger partial charge in [-0.3, -0.25) is 14.6 Å². The Balaban J connectivity index is 1.48. The summed E-state index contributed by atoms with van der Waals surface area (Å²) in [6.07, 6.45) is 5.94. The van der Waals surface area contributed by atoms with Gasteiger partial charge in [0.25, 0.3) is 5.91 Å². The van der Waals surface area contributed by atoms with Crippen LogP contribution in [0.1, 0.15) is 70.9 Å². The van der Waals surface area contributed by atoms with Gasteiger partial charge >= 0.3 is 0 Å². The molecule has 0 aromatic heterocycles. The van der Waals surface area contributed by atoms with Crippen molar-refractivity contribution in [3.05, 3.63) is 106 Å². The van der Waals surface area contributed by atoms with Gasteiger partial charge in [0, 0.05) is 37.3 Å². The Hall–Kier alpha value is -4.96. The lowest BCUT2D eigenvalue weighted by Gasteiger charge is -2.37. The van der Waals surface area contributed by atoms with E-state index in [-0.39, 0.29) is 11.8 Å². The molecule has 0 unspecified atom stereocenters. The van der Waals surface area contributed by atoms with E-state index in [1.165, 1.54) is 0 Å². The summed E-state index contributed by atoms with van der Waals surface area (Å²) < 4.78 is 6.24. The number of carbonyl (C=O) groups is 2. The van der Waals surface area contributed by atoms with Crippen molar-refractivity contribution in [3.8, 4) is 11.8 Å². The molecule has 5 rings (SSSR count). The van der Waals surface area contributed by atoms with Crippen LogP contribution in [0.15, 0.2) is 89.4 Å². The minimum absolute atomic E-state index is 0.0741. The van der Waals surface area contributed by atoms with Gasteiger partial charge in [0.15, 0.2) is 0 Å². The first-order valence-corrected chi connectivity index (χ1v) is 17.4. The molecule has 2 fully saturated rings. The Kier molecular flexibility index (Phi) is 11.5. The van der Waals surface area contributed by atoms with Crippen molar-refractivity contribution in [2.45, 2.75) is 72.1 Å². The second kappa shape index (κ2) is 16.0. The van der Waals surface area contributed by atoms with Gasteiger partial charge in [-0.25, -0.2) is 0 Å². The molecular weight excluding hydrogens is 608 g/mol. The van der Waals surface area contributed by atoms with Crippen molar-refractivity contribution in [3.63, 3.8) is 0 Å². The molecule has 0 bridgehead atoms. The van der Waals surface area contributed by atoms with Gasteiger partial charge in [-0.1, -0.05) is 60.2 Å². The maximum atomic E-state index is 14.3. The number of benzene rings is 3. The van der Waals surface area contributed by atoms with Crippen LogP contribution in [0.25, 0.3) is 11.1 Å². The van der Waals surface area contributed by atoms with E-state index >= 15 is 0 Å². The maximum absolute atomic E-state index is 14.3. The smallest absolute Gasteiger partial charge is 0.254 e. The molecule has 0 N–H and O–H groups in total. The van der Waals surface area contributed by atoms with Crippen molar-refractivity contribution in [2.75, 3.05) is 32.8 Å². The van der Waals surface area contributed by atoms with Crippen LogP contribution in [0.5, 0.6) is 5.75 Å². The first-order valence-electron chi connectivity index (χ1n) is 17.4. The minimum Gasteiger partial charge on any atom is -0.488 e. The normalized spacial score (nSPS) is 17.2. The largest absolute Gasteiger partial charge is 0.488 e. The monoisotopic (exact) mass is 656 g/mol. The Morgan fingerprint density at radius 1 is 0.837 bits per heavy atom. The molecule has 0 aliphatic carbocycles. The number of nitrogens with zero attached hydrogens (tertiary/aromatic N) is 4. The van der Waals surface area contributed by atoms with Crippen molar-refractivity contribution < 1.29 is 14.3 Å². The number of rotatable bonds is 8. The first kappa shape index (κ1) is 35.3. The standard InChI is InChI=1S/C42H48N4O3/c1-30(2)36-19-18-35(49-28-33(5)44-39-17-11-10-14-31(39)3)27-37(36)38(41(48)45-22-12-7-13-23-45)26-32(4)40(47)46-24-20-42(29-43,21-25-46)34-15-8-6-9-16-34/h6,8-11,14-19,26-27H,7,12-13,20-25,28H2,1-5H3/b32-26+,38-37+,44-33?. The lowest BCUT2D eigenvalue weighted by Crippen LogP contribution is -2.45. The van der Waals surface area contributed by atoms with Crippen LogP contribution in [0, 0.1) is 18.3 Å². The maximum Gasteiger partial charge on any atom is 0.254 e. The fourth-order valence-corrected chi connectivity index (χ4v) is 6.75. The molecule has 2 saturated heterocycles. The first-order chi connectivity index (χ1) is 23.6. The highest BCUT2D eigenvalue weighted by molar-refractivity contribution is 6.18. The number of likely N-dealkylation sites (tertiary alicyclic amines) is 2. The summed E-state index contributed by atoms with van der Waals surface area (Å²) >= 11 is 0. The van der Waals surface area contributed by atoms with Crippen molar-refractivity contribution in [1.29, 1.82) is 5.26 Å². The molecule has 0 saturated carbocycles. The Morgan fingerprint density at radius 3 is 2.14 bits per heavy atom. The van der Waals surface area contributed by atoms with Crippen LogP contribution < -0.4 is 15.2 Å². The highest BCUT2D eigenvalue weighted by Gasteiger charge is 2.38. The van der Waals surface area contributed by atoms with E-state index in [2.05, 4.69) is 6.07 Å². The molecule has 2 aliphatic rings. The second-order valence-corrected chi connectivity index (χ2v) is 13.6. The summed E-state index contributed by atoms with van der Waals surface area (Å²) in [5.74, 6) is 0.443. The summed E-state index contributed by atoms with van der Waals surface area (Å²) in [6.45, 7) is 12.5. The van der Waals surface area contributed by atoms with E-state index in [0.717, 1.165) is 57.8 Å². The van der Waals surface area contributed by atoms with E-state index in [0.29, 0.717) is 62.5 Å². The zero-order chi connectivity index (χ0) is 35.0. The van der Waals surface area contributed by atoms with Crippen LogP contribution in [0.3, 0.4) is 0 Å². The lowest BCUT2D eigenvalue weighted by molar-refractivity contribution is -0.128. The lowest BCUT2D eigenvalue weighted by atomic mass is 9.74. The summed E-state index contributed by atoms with van der Waals surface area (Å²) in [7, 11) is 0. The number of piperidine rings is 2. The fourth-order valence-electron chi connectivity index (χ4n) is 6.75. The second-order valence-electron chi connectivity index (χ2n) is 13.6. The third kappa shape index (κ3) is 8.37. The molecule has 7 heteroatoms. The number of amides is 2. The molecule has 7 nitrogen and oxygen atoms in total. The molecule has 49 heavy (non-hydrogen) atoms. The third-order valence-electron chi connectivity index (χ3n) is 9.71. The number of carbonyl (C=O) groups excluding carboxylic acids is 2. The molecule has 0 spiro atoms. The molecule has 2 heterocycles. The average Bonchev–Trinajstić information content (AvgIpc) is 3.13. The van der Waals surface area contributed by atoms with E-state index in [1.807, 2.05) is 110 Å². The highest BCUT2D eigenvalue weighted by atomic mass is 16.5. The predicted octanol–water partition coefficient (Wildman–Crippen LogP) is 6.55. The number of para-hydroxylation sites is 1. The van der Waals surface area contributed by atoms with Crippen molar-refractivity contribution in [2.24, 2.45) is 4.99 Å². The van der Waals surface area contributed by atoms with Gasteiger partial charge in [-0.15, -0.1) is 0 Å². The van der Waals surface area contributed by atoms with Crippen LogP contribution in [-0.4, -0.2) is 60.1 Å². The summed E-state index contributed by atoms with van der Waals surface area (Å²) in [5.41, 5.74) is 5.29. The molecule has 3 aromatic carbocycles. The molecule has 3 aromatic rings. The van der Waals surface area contributed by atoms with Gasteiger partial charge < -0.3 is 14.5 Å². The molecule has 2 amide bonds. The summed E-state index contributed by atoms with van der Waals surface area (Å²) in [4.78, 5) is 36.7. The third-order valence-corrected chi connectivity index (χ3v) is 9.71. The SMILES string of the molecule is CC(COc1ccc(=C(C)C)/c(=C(\C=C(/C)C(=O)N2CCC(C#N)(c3ccccc3)CC2)C(=O)N2CCCCC2)c1)=Nc1ccccc1C. The average molecular weight is 657 g/mol. The van der Waals surface area contributed by atoms with Crippen LogP contribution in [0.2, 0.25) is 0 Å². The topological polar surface area (TPSA) is 86.0 Å². The number of hydrogen-bond donors (Lipinski definition) is 0. The van der Waals surface area contributed by atoms with Gasteiger partial charge in [0.05, 0.1) is 22.9 Å². The van der Waals surface area contributed by atoms with Crippen LogP contribution >= 0.6 is 0 Å². The zero-order valence-electron chi connectivity index (χ0n) is 29.6. The molecule has 2 aliphatic heterocycles. The minimum atomic E-state index is -0.607. The van der Waals surface area contributed by atoms with E-state index in [4.69, 9.17) is 9.73 Å². The van der Waals surface area contributed by atoms with Gasteiger partial charge in [-0.05, 0) is 113 Å². The zero-order valence-corrected chi connectivity index (χ0v) is 29.6. The molecule has 254 valence electrons. The Morgan fingerprint density at radius 2 is 1.49 bits per heavy atom. The Labute approximate surface area is 290 Å². The predicted molar refractivity (Wildman–Crippen MR) is 197 cm³/mol. The molecular formula is C42H48N4O3. The van der Waals surface area contributed by atoms with Gasteiger partial charge in [0.2, 0.25) is 5.91 Å². The molecule has 0 radical (unpaired) electrons. The summed E-state index contributed by atoms with van der Waals surface area (Å²) in [6, 6.07) is 26.3. The number of ether oxygens (including phenoxy) is 1. The van der Waals surface area contributed by atoms with Crippen LogP contribution in [0.4, 0.5) is 5.69 Å².